The van der Waals surface area contributed by atoms with E-state index in [-0.39, 0.29) is 43.7 Å². The number of hydroxylamine groups is 2. The van der Waals surface area contributed by atoms with E-state index in [0.29, 0.717) is 37.7 Å². The molecule has 0 N–H and O–H groups in total. The Morgan fingerprint density at radius 3 is 2.44 bits per heavy atom. The molecule has 1 atom stereocenters. The number of amides is 2. The molecule has 2 fully saturated rings. The van der Waals surface area contributed by atoms with E-state index < -0.39 is 24.0 Å². The van der Waals surface area contributed by atoms with Crippen LogP contribution < -0.4 is 9.80 Å². The topological polar surface area (TPSA) is 88.6 Å². The number of hydrogen-bond donors (Lipinski definition) is 0. The summed E-state index contributed by atoms with van der Waals surface area (Å²) in [5.41, 5.74) is 0.817. The molecule has 1 aromatic rings. The minimum Gasteiger partial charge on any atom is -0.442 e. The van der Waals surface area contributed by atoms with Crippen molar-refractivity contribution in [2.24, 2.45) is 11.8 Å². The Labute approximate surface area is 199 Å². The first-order chi connectivity index (χ1) is 16.1. The van der Waals surface area contributed by atoms with E-state index in [1.54, 1.807) is 12.1 Å². The van der Waals surface area contributed by atoms with Crippen LogP contribution in [-0.2, 0) is 23.9 Å². The van der Waals surface area contributed by atoms with Crippen LogP contribution in [0.5, 0.6) is 0 Å². The van der Waals surface area contributed by atoms with Gasteiger partial charge in [-0.3, -0.25) is 9.69 Å². The van der Waals surface area contributed by atoms with Crippen LogP contribution in [0, 0.1) is 17.7 Å². The van der Waals surface area contributed by atoms with Crippen molar-refractivity contribution < 1.29 is 33.1 Å². The molecule has 3 rings (SSSR count). The van der Waals surface area contributed by atoms with E-state index in [1.165, 1.54) is 11.0 Å². The van der Waals surface area contributed by atoms with Gasteiger partial charge in [0.1, 0.15) is 11.9 Å². The second kappa shape index (κ2) is 11.5. The standard InChI is InChI=1S/C24H34FN3O6/c1-16(2)11-22(29)28(34-23(30)12-17(3)4)15-19-14-27(24(31)33-19)18-5-6-21(20(25)13-18)26-7-9-32-10-8-26/h5-6,13,16-17,19H,7-12,14-15H2,1-4H3/t19-/m1/s1. The van der Waals surface area contributed by atoms with Crippen molar-refractivity contribution in [1.29, 1.82) is 0 Å². The lowest BCUT2D eigenvalue weighted by Gasteiger charge is -2.29. The highest BCUT2D eigenvalue weighted by Gasteiger charge is 2.36. The van der Waals surface area contributed by atoms with Crippen molar-refractivity contribution in [2.75, 3.05) is 49.2 Å². The average molecular weight is 480 g/mol. The second-order valence-electron chi connectivity index (χ2n) is 9.47. The number of anilines is 2. The Kier molecular flexibility index (Phi) is 8.71. The first-order valence-corrected chi connectivity index (χ1v) is 11.8. The number of morpholine rings is 1. The van der Waals surface area contributed by atoms with Gasteiger partial charge >= 0.3 is 12.1 Å². The summed E-state index contributed by atoms with van der Waals surface area (Å²) in [6.07, 6.45) is -1.02. The minimum atomic E-state index is -0.725. The summed E-state index contributed by atoms with van der Waals surface area (Å²) in [5.74, 6) is -1.18. The molecular formula is C24H34FN3O6. The summed E-state index contributed by atoms with van der Waals surface area (Å²) in [6, 6.07) is 4.61. The molecule has 9 nitrogen and oxygen atoms in total. The molecule has 0 aromatic heterocycles. The zero-order valence-corrected chi connectivity index (χ0v) is 20.3. The molecule has 2 aliphatic rings. The van der Waals surface area contributed by atoms with Gasteiger partial charge in [-0.2, -0.15) is 5.06 Å². The molecule has 0 bridgehead atoms. The maximum Gasteiger partial charge on any atom is 0.414 e. The van der Waals surface area contributed by atoms with Gasteiger partial charge in [-0.1, -0.05) is 27.7 Å². The van der Waals surface area contributed by atoms with Crippen LogP contribution in [0.1, 0.15) is 40.5 Å². The van der Waals surface area contributed by atoms with E-state index in [1.807, 2.05) is 32.6 Å². The van der Waals surface area contributed by atoms with Crippen LogP contribution >= 0.6 is 0 Å². The molecule has 2 heterocycles. The van der Waals surface area contributed by atoms with Gasteiger partial charge in [-0.05, 0) is 30.0 Å². The summed E-state index contributed by atoms with van der Waals surface area (Å²) >= 11 is 0. The number of hydrogen-bond acceptors (Lipinski definition) is 7. The third-order valence-electron chi connectivity index (χ3n) is 5.49. The van der Waals surface area contributed by atoms with Crippen LogP contribution in [0.2, 0.25) is 0 Å². The monoisotopic (exact) mass is 479 g/mol. The van der Waals surface area contributed by atoms with Crippen LogP contribution in [0.25, 0.3) is 0 Å². The molecule has 0 unspecified atom stereocenters. The molecule has 34 heavy (non-hydrogen) atoms. The molecule has 2 amide bonds. The fourth-order valence-electron chi connectivity index (χ4n) is 3.87. The quantitative estimate of drug-likeness (QED) is 0.528. The van der Waals surface area contributed by atoms with Gasteiger partial charge in [0, 0.05) is 19.5 Å². The van der Waals surface area contributed by atoms with Gasteiger partial charge < -0.3 is 19.2 Å². The summed E-state index contributed by atoms with van der Waals surface area (Å²) < 4.78 is 25.6. The predicted molar refractivity (Wildman–Crippen MR) is 124 cm³/mol. The Morgan fingerprint density at radius 2 is 1.82 bits per heavy atom. The highest BCUT2D eigenvalue weighted by atomic mass is 19.1. The summed E-state index contributed by atoms with van der Waals surface area (Å²) in [5, 5.41) is 0.994. The lowest BCUT2D eigenvalue weighted by Crippen LogP contribution is -2.41. The number of ether oxygens (including phenoxy) is 2. The summed E-state index contributed by atoms with van der Waals surface area (Å²) in [6.45, 7) is 9.80. The molecule has 2 saturated heterocycles. The fraction of sp³-hybridized carbons (Fsp3) is 0.625. The SMILES string of the molecule is CC(C)CC(=O)ON(C[C@H]1CN(c2ccc(N3CCOCC3)c(F)c2)C(=O)O1)C(=O)CC(C)C. The van der Waals surface area contributed by atoms with Gasteiger partial charge in [0.05, 0.1) is 44.1 Å². The van der Waals surface area contributed by atoms with E-state index in [2.05, 4.69) is 0 Å². The molecule has 2 aliphatic heterocycles. The van der Waals surface area contributed by atoms with Crippen molar-refractivity contribution in [1.82, 2.24) is 5.06 Å². The smallest absolute Gasteiger partial charge is 0.414 e. The first kappa shape index (κ1) is 25.7. The van der Waals surface area contributed by atoms with Crippen molar-refractivity contribution in [2.45, 2.75) is 46.6 Å². The zero-order valence-electron chi connectivity index (χ0n) is 20.3. The van der Waals surface area contributed by atoms with Crippen molar-refractivity contribution in [3.63, 3.8) is 0 Å². The average Bonchev–Trinajstić information content (AvgIpc) is 3.12. The molecule has 0 aliphatic carbocycles. The van der Waals surface area contributed by atoms with Gasteiger partial charge in [0.2, 0.25) is 0 Å². The third-order valence-corrected chi connectivity index (χ3v) is 5.49. The first-order valence-electron chi connectivity index (χ1n) is 11.8. The number of cyclic esters (lactones) is 1. The van der Waals surface area contributed by atoms with E-state index in [0.717, 1.165) is 5.06 Å². The minimum absolute atomic E-state index is 0.0642. The van der Waals surface area contributed by atoms with Gasteiger partial charge in [0.25, 0.3) is 5.91 Å². The maximum absolute atomic E-state index is 14.8. The fourth-order valence-corrected chi connectivity index (χ4v) is 3.87. The largest absolute Gasteiger partial charge is 0.442 e. The molecule has 0 saturated carbocycles. The number of carbonyl (C=O) groups is 3. The number of carbonyl (C=O) groups excluding carboxylic acids is 3. The van der Waals surface area contributed by atoms with Crippen molar-refractivity contribution in [3.8, 4) is 0 Å². The van der Waals surface area contributed by atoms with Gasteiger partial charge in [-0.15, -0.1) is 0 Å². The second-order valence-corrected chi connectivity index (χ2v) is 9.47. The summed E-state index contributed by atoms with van der Waals surface area (Å²) in [7, 11) is 0. The van der Waals surface area contributed by atoms with E-state index in [4.69, 9.17) is 14.3 Å². The van der Waals surface area contributed by atoms with Crippen molar-refractivity contribution >= 4 is 29.3 Å². The molecular weight excluding hydrogens is 445 g/mol. The third kappa shape index (κ3) is 6.82. The molecule has 0 radical (unpaired) electrons. The molecule has 1 aromatic carbocycles. The number of halogens is 1. The van der Waals surface area contributed by atoms with Crippen molar-refractivity contribution in [3.05, 3.63) is 24.0 Å². The number of rotatable bonds is 8. The highest BCUT2D eigenvalue weighted by Crippen LogP contribution is 2.28. The van der Waals surface area contributed by atoms with E-state index in [9.17, 15) is 18.8 Å². The zero-order chi connectivity index (χ0) is 24.8. The Bertz CT molecular complexity index is 887. The van der Waals surface area contributed by atoms with Crippen LogP contribution in [0.15, 0.2) is 18.2 Å². The number of nitrogens with zero attached hydrogens (tertiary/aromatic N) is 3. The lowest BCUT2D eigenvalue weighted by atomic mass is 10.1. The lowest BCUT2D eigenvalue weighted by molar-refractivity contribution is -0.202. The highest BCUT2D eigenvalue weighted by molar-refractivity contribution is 5.90. The Balaban J connectivity index is 1.68. The van der Waals surface area contributed by atoms with Gasteiger partial charge in [0.15, 0.2) is 0 Å². The van der Waals surface area contributed by atoms with E-state index >= 15 is 0 Å². The Hall–Kier alpha value is -2.88. The maximum atomic E-state index is 14.8. The van der Waals surface area contributed by atoms with Crippen LogP contribution in [-0.4, -0.2) is 68.5 Å². The molecule has 188 valence electrons. The van der Waals surface area contributed by atoms with Gasteiger partial charge in [-0.25, -0.2) is 14.0 Å². The number of benzene rings is 1. The molecule has 0 spiro atoms. The Morgan fingerprint density at radius 1 is 1.15 bits per heavy atom. The summed E-state index contributed by atoms with van der Waals surface area (Å²) in [4.78, 5) is 45.9. The predicted octanol–water partition coefficient (Wildman–Crippen LogP) is 3.37. The normalized spacial score (nSPS) is 18.4. The van der Waals surface area contributed by atoms with Crippen LogP contribution in [0.4, 0.5) is 20.6 Å². The van der Waals surface area contributed by atoms with Crippen LogP contribution in [0.3, 0.4) is 0 Å². The molecule has 10 heteroatoms.